The quantitative estimate of drug-likeness (QED) is 0.349. The number of nitrogens with zero attached hydrogens (tertiary/aromatic N) is 3. The molecular formula is C12H18N4O2. The number of nitrogens with one attached hydrogen (secondary N) is 1. The van der Waals surface area contributed by atoms with Crippen molar-refractivity contribution in [2.45, 2.75) is 39.7 Å². The molecule has 1 aromatic heterocycles. The molecule has 1 N–H and O–H groups in total. The maximum absolute atomic E-state index is 11.0. The van der Waals surface area contributed by atoms with Gasteiger partial charge in [0.2, 0.25) is 5.82 Å². The molecule has 1 aromatic rings. The third kappa shape index (κ3) is 3.23. The SMILES string of the molecule is C#CCCCCNc1c([N+](=O)[O-])c(C)nn1CC. The number of rotatable bonds is 7. The summed E-state index contributed by atoms with van der Waals surface area (Å²) >= 11 is 0. The Morgan fingerprint density at radius 3 is 2.83 bits per heavy atom. The van der Waals surface area contributed by atoms with Crippen LogP contribution in [0.2, 0.25) is 0 Å². The molecule has 1 heterocycles. The Morgan fingerprint density at radius 2 is 2.28 bits per heavy atom. The van der Waals surface area contributed by atoms with Gasteiger partial charge in [0.05, 0.1) is 4.92 Å². The molecule has 98 valence electrons. The van der Waals surface area contributed by atoms with Crippen molar-refractivity contribution in [1.29, 1.82) is 0 Å². The lowest BCUT2D eigenvalue weighted by atomic mass is 10.2. The molecule has 0 aromatic carbocycles. The van der Waals surface area contributed by atoms with Gasteiger partial charge in [-0.05, 0) is 26.7 Å². The number of hydrogen-bond donors (Lipinski definition) is 1. The highest BCUT2D eigenvalue weighted by Crippen LogP contribution is 2.27. The second-order valence-electron chi connectivity index (χ2n) is 3.94. The highest BCUT2D eigenvalue weighted by molar-refractivity contribution is 5.59. The van der Waals surface area contributed by atoms with Gasteiger partial charge < -0.3 is 5.32 Å². The summed E-state index contributed by atoms with van der Waals surface area (Å²) in [7, 11) is 0. The summed E-state index contributed by atoms with van der Waals surface area (Å²) in [6.07, 6.45) is 7.69. The normalized spacial score (nSPS) is 10.1. The molecule has 0 unspecified atom stereocenters. The van der Waals surface area contributed by atoms with Gasteiger partial charge in [-0.1, -0.05) is 0 Å². The van der Waals surface area contributed by atoms with Gasteiger partial charge in [-0.25, -0.2) is 4.68 Å². The third-order valence-electron chi connectivity index (χ3n) is 2.62. The first-order valence-electron chi connectivity index (χ1n) is 6.01. The average Bonchev–Trinajstić information content (AvgIpc) is 2.65. The van der Waals surface area contributed by atoms with Crippen molar-refractivity contribution in [3.05, 3.63) is 15.8 Å². The van der Waals surface area contributed by atoms with E-state index in [1.165, 1.54) is 0 Å². The molecule has 1 rings (SSSR count). The van der Waals surface area contributed by atoms with Crippen LogP contribution >= 0.6 is 0 Å². The molecular weight excluding hydrogens is 232 g/mol. The molecule has 0 saturated heterocycles. The minimum Gasteiger partial charge on any atom is -0.365 e. The fraction of sp³-hybridized carbons (Fsp3) is 0.583. The Balaban J connectivity index is 2.74. The molecule has 18 heavy (non-hydrogen) atoms. The highest BCUT2D eigenvalue weighted by atomic mass is 16.6. The molecule has 6 heteroatoms. The van der Waals surface area contributed by atoms with Crippen LogP contribution in [0.1, 0.15) is 31.9 Å². The van der Waals surface area contributed by atoms with Gasteiger partial charge in [-0.3, -0.25) is 10.1 Å². The van der Waals surface area contributed by atoms with Crippen LogP contribution in [0.25, 0.3) is 0 Å². The Morgan fingerprint density at radius 1 is 1.56 bits per heavy atom. The Kier molecular flexibility index (Phi) is 5.18. The van der Waals surface area contributed by atoms with Gasteiger partial charge in [0, 0.05) is 19.5 Å². The summed E-state index contributed by atoms with van der Waals surface area (Å²) in [6.45, 7) is 4.81. The van der Waals surface area contributed by atoms with Gasteiger partial charge in [-0.15, -0.1) is 12.3 Å². The second kappa shape index (κ2) is 6.64. The Bertz CT molecular complexity index is 459. The predicted octanol–water partition coefficient (Wildman–Crippen LogP) is 2.34. The van der Waals surface area contributed by atoms with Crippen molar-refractivity contribution >= 4 is 11.5 Å². The van der Waals surface area contributed by atoms with Gasteiger partial charge in [0.15, 0.2) is 0 Å². The highest BCUT2D eigenvalue weighted by Gasteiger charge is 2.24. The van der Waals surface area contributed by atoms with Crippen LogP contribution in [-0.4, -0.2) is 21.2 Å². The molecule has 0 bridgehead atoms. The van der Waals surface area contributed by atoms with E-state index >= 15 is 0 Å². The molecule has 0 radical (unpaired) electrons. The monoisotopic (exact) mass is 250 g/mol. The zero-order chi connectivity index (χ0) is 13.5. The first-order chi connectivity index (χ1) is 8.61. The van der Waals surface area contributed by atoms with Crippen molar-refractivity contribution < 1.29 is 4.92 Å². The van der Waals surface area contributed by atoms with E-state index in [1.54, 1.807) is 11.6 Å². The van der Waals surface area contributed by atoms with E-state index in [1.807, 2.05) is 6.92 Å². The van der Waals surface area contributed by atoms with Crippen molar-refractivity contribution in [3.63, 3.8) is 0 Å². The van der Waals surface area contributed by atoms with Crippen molar-refractivity contribution in [3.8, 4) is 12.3 Å². The van der Waals surface area contributed by atoms with E-state index in [0.29, 0.717) is 24.6 Å². The Hall–Kier alpha value is -2.03. The first-order valence-corrected chi connectivity index (χ1v) is 6.01. The number of unbranched alkanes of at least 4 members (excludes halogenated alkanes) is 2. The molecule has 0 atom stereocenters. The van der Waals surface area contributed by atoms with Gasteiger partial charge in [0.25, 0.3) is 0 Å². The van der Waals surface area contributed by atoms with Crippen LogP contribution in [0.4, 0.5) is 11.5 Å². The lowest BCUT2D eigenvalue weighted by molar-refractivity contribution is -0.384. The molecule has 0 saturated carbocycles. The molecule has 0 amide bonds. The van der Waals surface area contributed by atoms with Crippen LogP contribution in [0.15, 0.2) is 0 Å². The van der Waals surface area contributed by atoms with Crippen LogP contribution in [0.5, 0.6) is 0 Å². The summed E-state index contributed by atoms with van der Waals surface area (Å²) in [6, 6.07) is 0. The molecule has 0 aliphatic rings. The zero-order valence-electron chi connectivity index (χ0n) is 10.8. The fourth-order valence-corrected chi connectivity index (χ4v) is 1.75. The van der Waals surface area contributed by atoms with Gasteiger partial charge in [-0.2, -0.15) is 5.10 Å². The molecule has 6 nitrogen and oxygen atoms in total. The lowest BCUT2D eigenvalue weighted by Gasteiger charge is -2.06. The van der Waals surface area contributed by atoms with Gasteiger partial charge >= 0.3 is 5.69 Å². The average molecular weight is 250 g/mol. The smallest absolute Gasteiger partial charge is 0.333 e. The van der Waals surface area contributed by atoms with E-state index < -0.39 is 4.92 Å². The number of aryl methyl sites for hydroxylation is 2. The van der Waals surface area contributed by atoms with Crippen LogP contribution in [-0.2, 0) is 6.54 Å². The number of terminal acetylenes is 1. The summed E-state index contributed by atoms with van der Waals surface area (Å²) in [5.41, 5.74) is 0.502. The Labute approximate surface area is 107 Å². The lowest BCUT2D eigenvalue weighted by Crippen LogP contribution is -2.09. The predicted molar refractivity (Wildman–Crippen MR) is 70.5 cm³/mol. The molecule has 0 aliphatic carbocycles. The third-order valence-corrected chi connectivity index (χ3v) is 2.62. The zero-order valence-corrected chi connectivity index (χ0v) is 10.8. The second-order valence-corrected chi connectivity index (χ2v) is 3.94. The number of aromatic nitrogens is 2. The number of hydrogen-bond acceptors (Lipinski definition) is 4. The summed E-state index contributed by atoms with van der Waals surface area (Å²) in [5, 5.41) is 18.2. The molecule has 0 aliphatic heterocycles. The van der Waals surface area contributed by atoms with Crippen molar-refractivity contribution in [2.24, 2.45) is 0 Å². The summed E-state index contributed by atoms with van der Waals surface area (Å²) in [5.74, 6) is 3.06. The number of nitro groups is 1. The van der Waals surface area contributed by atoms with E-state index in [2.05, 4.69) is 16.3 Å². The van der Waals surface area contributed by atoms with Crippen LogP contribution < -0.4 is 5.32 Å². The number of anilines is 1. The van der Waals surface area contributed by atoms with Crippen molar-refractivity contribution in [2.75, 3.05) is 11.9 Å². The summed E-state index contributed by atoms with van der Waals surface area (Å²) in [4.78, 5) is 10.6. The van der Waals surface area contributed by atoms with Crippen LogP contribution in [0.3, 0.4) is 0 Å². The van der Waals surface area contributed by atoms with E-state index in [4.69, 9.17) is 6.42 Å². The van der Waals surface area contributed by atoms with Crippen molar-refractivity contribution in [1.82, 2.24) is 9.78 Å². The standard InChI is InChI=1S/C12H18N4O2/c1-4-6-7-8-9-13-12-11(16(17)18)10(3)14-15(12)5-2/h1,13H,5-9H2,2-3H3. The topological polar surface area (TPSA) is 73.0 Å². The minimum absolute atomic E-state index is 0.0637. The van der Waals surface area contributed by atoms with Crippen LogP contribution in [0, 0.1) is 29.4 Å². The van der Waals surface area contributed by atoms with E-state index in [-0.39, 0.29) is 5.69 Å². The minimum atomic E-state index is -0.391. The summed E-state index contributed by atoms with van der Waals surface area (Å²) < 4.78 is 1.62. The maximum atomic E-state index is 11.0. The fourth-order valence-electron chi connectivity index (χ4n) is 1.75. The first kappa shape index (κ1) is 14.0. The molecule has 0 fully saturated rings. The van der Waals surface area contributed by atoms with Gasteiger partial charge in [0.1, 0.15) is 5.69 Å². The maximum Gasteiger partial charge on any atom is 0.333 e. The van der Waals surface area contributed by atoms with E-state index in [0.717, 1.165) is 19.3 Å². The largest absolute Gasteiger partial charge is 0.365 e. The van der Waals surface area contributed by atoms with E-state index in [9.17, 15) is 10.1 Å². The molecule has 0 spiro atoms.